The highest BCUT2D eigenvalue weighted by Gasteiger charge is 2.13. The van der Waals surface area contributed by atoms with Crippen molar-refractivity contribution >= 4 is 22.8 Å². The van der Waals surface area contributed by atoms with E-state index in [0.717, 1.165) is 41.4 Å². The first-order valence-corrected chi connectivity index (χ1v) is 10.9. The van der Waals surface area contributed by atoms with Crippen LogP contribution in [0.2, 0.25) is 0 Å². The summed E-state index contributed by atoms with van der Waals surface area (Å²) in [5.74, 6) is -0.333. The predicted molar refractivity (Wildman–Crippen MR) is 129 cm³/mol. The summed E-state index contributed by atoms with van der Waals surface area (Å²) in [5, 5.41) is 13.4. The number of methoxy groups -OCH3 is 1. The molecule has 0 saturated heterocycles. The first kappa shape index (κ1) is 22.1. The van der Waals surface area contributed by atoms with Crippen LogP contribution in [0.1, 0.15) is 33.6 Å². The Morgan fingerprint density at radius 3 is 2.36 bits per heavy atom. The summed E-state index contributed by atoms with van der Waals surface area (Å²) in [6.45, 7) is 1.29. The van der Waals surface area contributed by atoms with Crippen LogP contribution in [-0.2, 0) is 6.54 Å². The molecule has 1 heterocycles. The number of carbonyl (C=O) groups is 2. The van der Waals surface area contributed by atoms with Crippen LogP contribution in [0.5, 0.6) is 5.75 Å². The number of unbranched alkanes of at least 4 members (excludes halogenated alkanes) is 1. The summed E-state index contributed by atoms with van der Waals surface area (Å²) in [4.78, 5) is 23.8. The largest absolute Gasteiger partial charge is 0.497 e. The van der Waals surface area contributed by atoms with Crippen molar-refractivity contribution in [3.8, 4) is 16.9 Å². The topological polar surface area (TPSA) is 80.6 Å². The number of benzene rings is 3. The van der Waals surface area contributed by atoms with Crippen LogP contribution in [0.15, 0.2) is 79.0 Å². The average molecular weight is 443 g/mol. The van der Waals surface area contributed by atoms with Gasteiger partial charge in [0.1, 0.15) is 5.75 Å². The van der Waals surface area contributed by atoms with Crippen molar-refractivity contribution in [1.82, 2.24) is 9.88 Å². The zero-order chi connectivity index (χ0) is 23.2. The Balaban J connectivity index is 1.42. The van der Waals surface area contributed by atoms with Crippen LogP contribution < -0.4 is 10.1 Å². The fourth-order valence-corrected chi connectivity index (χ4v) is 3.91. The second-order valence-electron chi connectivity index (χ2n) is 7.83. The number of carbonyl (C=O) groups excluding carboxylic acids is 1. The van der Waals surface area contributed by atoms with Gasteiger partial charge in [-0.05, 0) is 54.8 Å². The third kappa shape index (κ3) is 5.06. The van der Waals surface area contributed by atoms with Crippen molar-refractivity contribution in [3.05, 3.63) is 90.1 Å². The van der Waals surface area contributed by atoms with E-state index in [9.17, 15) is 14.7 Å². The van der Waals surface area contributed by atoms with E-state index < -0.39 is 5.97 Å². The number of amides is 1. The number of rotatable bonds is 9. The lowest BCUT2D eigenvalue weighted by molar-refractivity contribution is 0.0696. The predicted octanol–water partition coefficient (Wildman–Crippen LogP) is 5.23. The molecule has 6 nitrogen and oxygen atoms in total. The van der Waals surface area contributed by atoms with Gasteiger partial charge < -0.3 is 19.7 Å². The zero-order valence-corrected chi connectivity index (χ0v) is 18.5. The second-order valence-corrected chi connectivity index (χ2v) is 7.83. The number of aryl methyl sites for hydroxylation is 1. The molecular formula is C27H26N2O4. The Morgan fingerprint density at radius 1 is 0.939 bits per heavy atom. The normalized spacial score (nSPS) is 10.8. The van der Waals surface area contributed by atoms with Gasteiger partial charge in [0.25, 0.3) is 5.91 Å². The molecule has 33 heavy (non-hydrogen) atoms. The Kier molecular flexibility index (Phi) is 6.74. The Morgan fingerprint density at radius 2 is 1.67 bits per heavy atom. The van der Waals surface area contributed by atoms with E-state index in [2.05, 4.69) is 28.2 Å². The maximum absolute atomic E-state index is 12.3. The molecule has 0 aliphatic rings. The molecule has 0 saturated carbocycles. The van der Waals surface area contributed by atoms with E-state index in [0.29, 0.717) is 17.9 Å². The van der Waals surface area contributed by atoms with Gasteiger partial charge in [0.2, 0.25) is 0 Å². The lowest BCUT2D eigenvalue weighted by atomic mass is 10.0. The summed E-state index contributed by atoms with van der Waals surface area (Å²) in [6, 6.07) is 22.4. The average Bonchev–Trinajstić information content (AvgIpc) is 3.22. The van der Waals surface area contributed by atoms with Crippen molar-refractivity contribution in [2.24, 2.45) is 0 Å². The zero-order valence-electron chi connectivity index (χ0n) is 18.5. The molecule has 1 amide bonds. The fourth-order valence-electron chi connectivity index (χ4n) is 3.91. The Labute approximate surface area is 192 Å². The van der Waals surface area contributed by atoms with Crippen molar-refractivity contribution in [2.75, 3.05) is 13.7 Å². The number of aromatic carboxylic acids is 1. The van der Waals surface area contributed by atoms with Gasteiger partial charge in [-0.15, -0.1) is 0 Å². The highest BCUT2D eigenvalue weighted by molar-refractivity contribution is 6.00. The molecule has 1 aromatic heterocycles. The Bertz CT molecular complexity index is 1260. The molecule has 0 unspecified atom stereocenters. The van der Waals surface area contributed by atoms with Crippen LogP contribution in [-0.4, -0.2) is 35.2 Å². The molecule has 0 aliphatic heterocycles. The number of nitrogens with zero attached hydrogens (tertiary/aromatic N) is 1. The van der Waals surface area contributed by atoms with Crippen LogP contribution in [0.3, 0.4) is 0 Å². The monoisotopic (exact) mass is 442 g/mol. The van der Waals surface area contributed by atoms with Gasteiger partial charge in [-0.25, -0.2) is 4.79 Å². The van der Waals surface area contributed by atoms with E-state index >= 15 is 0 Å². The number of fused-ring (bicyclic) bond motifs is 1. The van der Waals surface area contributed by atoms with Gasteiger partial charge in [-0.3, -0.25) is 4.79 Å². The number of nitrogens with one attached hydrogen (secondary N) is 1. The minimum absolute atomic E-state index is 0.110. The first-order valence-electron chi connectivity index (χ1n) is 10.9. The van der Waals surface area contributed by atoms with E-state index in [4.69, 9.17) is 4.74 Å². The van der Waals surface area contributed by atoms with Crippen molar-refractivity contribution in [3.63, 3.8) is 0 Å². The van der Waals surface area contributed by atoms with Gasteiger partial charge in [-0.2, -0.15) is 0 Å². The molecule has 2 N–H and O–H groups in total. The van der Waals surface area contributed by atoms with Crippen molar-refractivity contribution < 1.29 is 19.4 Å². The van der Waals surface area contributed by atoms with Gasteiger partial charge in [-0.1, -0.05) is 36.4 Å². The van der Waals surface area contributed by atoms with Gasteiger partial charge >= 0.3 is 5.97 Å². The molecule has 4 aromatic rings. The molecule has 6 heteroatoms. The maximum Gasteiger partial charge on any atom is 0.335 e. The summed E-state index contributed by atoms with van der Waals surface area (Å²) >= 11 is 0. The number of carboxylic acid groups (broad SMARTS) is 1. The van der Waals surface area contributed by atoms with Gasteiger partial charge in [0.05, 0.1) is 12.7 Å². The van der Waals surface area contributed by atoms with E-state index in [1.807, 2.05) is 24.3 Å². The molecular weight excluding hydrogens is 416 g/mol. The second kappa shape index (κ2) is 10.0. The summed E-state index contributed by atoms with van der Waals surface area (Å²) in [7, 11) is 1.59. The highest BCUT2D eigenvalue weighted by Crippen LogP contribution is 2.31. The number of aromatic nitrogens is 1. The van der Waals surface area contributed by atoms with Crippen LogP contribution in [0.4, 0.5) is 0 Å². The van der Waals surface area contributed by atoms with E-state index in [1.54, 1.807) is 43.5 Å². The molecule has 0 radical (unpaired) electrons. The third-order valence-electron chi connectivity index (χ3n) is 5.68. The smallest absolute Gasteiger partial charge is 0.335 e. The standard InChI is InChI=1S/C27H26N2O4/c1-33-22-12-9-20(10-13-22)26(30)28-15-5-6-16-29-18-24(19-7-3-2-4-8-19)23-14-11-21(27(31)32)17-25(23)29/h2-4,7-14,17-18H,5-6,15-16H2,1H3,(H,28,30)(H,31,32). The lowest BCUT2D eigenvalue weighted by Gasteiger charge is -2.08. The van der Waals surface area contributed by atoms with Crippen molar-refractivity contribution in [1.29, 1.82) is 0 Å². The lowest BCUT2D eigenvalue weighted by Crippen LogP contribution is -2.24. The molecule has 0 aliphatic carbocycles. The van der Waals surface area contributed by atoms with Crippen LogP contribution in [0, 0.1) is 0 Å². The molecule has 168 valence electrons. The van der Waals surface area contributed by atoms with E-state index in [-0.39, 0.29) is 11.5 Å². The van der Waals surface area contributed by atoms with Crippen molar-refractivity contribution in [2.45, 2.75) is 19.4 Å². The molecule has 0 bridgehead atoms. The fraction of sp³-hybridized carbons (Fsp3) is 0.185. The number of ether oxygens (including phenoxy) is 1. The summed E-state index contributed by atoms with van der Waals surface area (Å²) < 4.78 is 7.22. The minimum Gasteiger partial charge on any atom is -0.497 e. The molecule has 4 rings (SSSR count). The van der Waals surface area contributed by atoms with Gasteiger partial charge in [0, 0.05) is 41.3 Å². The van der Waals surface area contributed by atoms with E-state index in [1.165, 1.54) is 0 Å². The molecule has 0 atom stereocenters. The van der Waals surface area contributed by atoms with Crippen LogP contribution in [0.25, 0.3) is 22.0 Å². The minimum atomic E-state index is -0.938. The number of hydrogen-bond acceptors (Lipinski definition) is 3. The molecule has 3 aromatic carbocycles. The number of carboxylic acids is 1. The molecule has 0 spiro atoms. The molecule has 0 fully saturated rings. The number of hydrogen-bond donors (Lipinski definition) is 2. The summed E-state index contributed by atoms with van der Waals surface area (Å²) in [5.41, 5.74) is 3.94. The third-order valence-corrected chi connectivity index (χ3v) is 5.68. The maximum atomic E-state index is 12.3. The Hall–Kier alpha value is -4.06. The SMILES string of the molecule is COc1ccc(C(=O)NCCCCn2cc(-c3ccccc3)c3ccc(C(=O)O)cc32)cc1. The highest BCUT2D eigenvalue weighted by atomic mass is 16.5. The first-order chi connectivity index (χ1) is 16.1. The summed E-state index contributed by atoms with van der Waals surface area (Å²) in [6.07, 6.45) is 3.74. The van der Waals surface area contributed by atoms with Crippen LogP contribution >= 0.6 is 0 Å². The quantitative estimate of drug-likeness (QED) is 0.348. The van der Waals surface area contributed by atoms with Gasteiger partial charge in [0.15, 0.2) is 0 Å².